The van der Waals surface area contributed by atoms with E-state index in [0.29, 0.717) is 5.39 Å². The SMILES string of the molecule is O=S(=O)(c1ccc2cnccc2c1)N(c1ccncn1)c1ccc(C(F)(F)F)cc1Br. The summed E-state index contributed by atoms with van der Waals surface area (Å²) in [5.74, 6) is -0.0229. The molecule has 0 amide bonds. The van der Waals surface area contributed by atoms with E-state index in [-0.39, 0.29) is 20.9 Å². The molecule has 0 spiro atoms. The van der Waals surface area contributed by atoms with E-state index in [1.165, 1.54) is 30.6 Å². The molecular formula is C20H12BrF3N4O2S. The Morgan fingerprint density at radius 2 is 1.68 bits per heavy atom. The summed E-state index contributed by atoms with van der Waals surface area (Å²) in [6.07, 6.45) is 1.05. The van der Waals surface area contributed by atoms with Crippen LogP contribution in [0.5, 0.6) is 0 Å². The van der Waals surface area contributed by atoms with E-state index in [0.717, 1.165) is 34.2 Å². The van der Waals surface area contributed by atoms with Crippen LogP contribution in [0.2, 0.25) is 0 Å². The molecule has 0 radical (unpaired) electrons. The average Bonchev–Trinajstić information content (AvgIpc) is 2.74. The Balaban J connectivity index is 1.91. The maximum absolute atomic E-state index is 13.6. The van der Waals surface area contributed by atoms with Crippen LogP contribution >= 0.6 is 15.9 Å². The number of alkyl halides is 3. The Labute approximate surface area is 183 Å². The quantitative estimate of drug-likeness (QED) is 0.372. The lowest BCUT2D eigenvalue weighted by molar-refractivity contribution is -0.137. The number of benzene rings is 2. The van der Waals surface area contributed by atoms with E-state index < -0.39 is 21.8 Å². The summed E-state index contributed by atoms with van der Waals surface area (Å²) < 4.78 is 67.3. The van der Waals surface area contributed by atoms with Crippen LogP contribution in [-0.2, 0) is 16.2 Å². The molecule has 4 aromatic rings. The first-order valence-corrected chi connectivity index (χ1v) is 10.9. The zero-order valence-electron chi connectivity index (χ0n) is 15.5. The Hall–Kier alpha value is -3.05. The van der Waals surface area contributed by atoms with Gasteiger partial charge in [0.1, 0.15) is 6.33 Å². The average molecular weight is 509 g/mol. The highest BCUT2D eigenvalue weighted by Gasteiger charge is 2.34. The lowest BCUT2D eigenvalue weighted by Crippen LogP contribution is -2.27. The van der Waals surface area contributed by atoms with Gasteiger partial charge in [0.15, 0.2) is 5.82 Å². The number of hydrogen-bond donors (Lipinski definition) is 0. The molecule has 0 aliphatic rings. The molecule has 2 aromatic heterocycles. The van der Waals surface area contributed by atoms with Crippen LogP contribution in [0.25, 0.3) is 10.8 Å². The smallest absolute Gasteiger partial charge is 0.264 e. The van der Waals surface area contributed by atoms with Gasteiger partial charge in [-0.15, -0.1) is 0 Å². The van der Waals surface area contributed by atoms with Gasteiger partial charge in [0, 0.05) is 34.5 Å². The first kappa shape index (κ1) is 21.2. The molecule has 0 aliphatic carbocycles. The van der Waals surface area contributed by atoms with Crippen LogP contribution in [0.1, 0.15) is 5.56 Å². The number of sulfonamides is 1. The summed E-state index contributed by atoms with van der Waals surface area (Å²) in [5, 5.41) is 1.39. The van der Waals surface area contributed by atoms with E-state index in [9.17, 15) is 21.6 Å². The zero-order chi connectivity index (χ0) is 22.2. The second-order valence-corrected chi connectivity index (χ2v) is 9.03. The number of rotatable bonds is 4. The van der Waals surface area contributed by atoms with Gasteiger partial charge < -0.3 is 0 Å². The fraction of sp³-hybridized carbons (Fsp3) is 0.0500. The summed E-state index contributed by atoms with van der Waals surface area (Å²) in [6, 6.07) is 10.2. The predicted molar refractivity (Wildman–Crippen MR) is 112 cm³/mol. The fourth-order valence-electron chi connectivity index (χ4n) is 2.96. The highest BCUT2D eigenvalue weighted by atomic mass is 79.9. The molecule has 0 saturated heterocycles. The Morgan fingerprint density at radius 3 is 2.35 bits per heavy atom. The van der Waals surface area contributed by atoms with Crippen molar-refractivity contribution in [3.8, 4) is 0 Å². The summed E-state index contributed by atoms with van der Waals surface area (Å²) >= 11 is 3.08. The van der Waals surface area contributed by atoms with Crippen molar-refractivity contribution in [3.63, 3.8) is 0 Å². The van der Waals surface area contributed by atoms with Gasteiger partial charge >= 0.3 is 6.18 Å². The molecule has 0 bridgehead atoms. The number of nitrogens with zero attached hydrogens (tertiary/aromatic N) is 4. The van der Waals surface area contributed by atoms with Crippen LogP contribution in [0, 0.1) is 0 Å². The fourth-order valence-corrected chi connectivity index (χ4v) is 5.13. The van der Waals surface area contributed by atoms with Crippen molar-refractivity contribution in [2.45, 2.75) is 11.1 Å². The van der Waals surface area contributed by atoms with Crippen molar-refractivity contribution >= 4 is 48.2 Å². The second-order valence-electron chi connectivity index (χ2n) is 6.39. The molecule has 11 heteroatoms. The number of hydrogen-bond acceptors (Lipinski definition) is 5. The van der Waals surface area contributed by atoms with E-state index in [2.05, 4.69) is 30.9 Å². The monoisotopic (exact) mass is 508 g/mol. The van der Waals surface area contributed by atoms with Gasteiger partial charge in [-0.3, -0.25) is 4.98 Å². The number of halogens is 4. The molecule has 0 unspecified atom stereocenters. The topological polar surface area (TPSA) is 76.1 Å². The first-order chi connectivity index (χ1) is 14.7. The third-order valence-electron chi connectivity index (χ3n) is 4.42. The van der Waals surface area contributed by atoms with Crippen LogP contribution in [0.3, 0.4) is 0 Å². The summed E-state index contributed by atoms with van der Waals surface area (Å²) in [4.78, 5) is 11.7. The van der Waals surface area contributed by atoms with Gasteiger partial charge in [-0.25, -0.2) is 22.7 Å². The Morgan fingerprint density at radius 1 is 0.903 bits per heavy atom. The van der Waals surface area contributed by atoms with E-state index in [1.54, 1.807) is 18.3 Å². The normalized spacial score (nSPS) is 12.1. The summed E-state index contributed by atoms with van der Waals surface area (Å²) in [5.41, 5.74) is -0.942. The third kappa shape index (κ3) is 4.10. The number of anilines is 2. The maximum atomic E-state index is 13.6. The molecule has 158 valence electrons. The van der Waals surface area contributed by atoms with Crippen molar-refractivity contribution in [1.29, 1.82) is 0 Å². The molecule has 0 atom stereocenters. The Kier molecular flexibility index (Phi) is 5.40. The minimum Gasteiger partial charge on any atom is -0.264 e. The second kappa shape index (κ2) is 7.89. The first-order valence-electron chi connectivity index (χ1n) is 8.70. The molecule has 2 heterocycles. The van der Waals surface area contributed by atoms with E-state index in [1.807, 2.05) is 0 Å². The molecule has 2 aromatic carbocycles. The zero-order valence-corrected chi connectivity index (χ0v) is 17.9. The van der Waals surface area contributed by atoms with Gasteiger partial charge in [0.25, 0.3) is 10.0 Å². The van der Waals surface area contributed by atoms with Crippen molar-refractivity contribution in [3.05, 3.63) is 83.5 Å². The molecule has 0 saturated carbocycles. The van der Waals surface area contributed by atoms with Gasteiger partial charge in [-0.2, -0.15) is 13.2 Å². The van der Waals surface area contributed by atoms with Crippen molar-refractivity contribution < 1.29 is 21.6 Å². The summed E-state index contributed by atoms with van der Waals surface area (Å²) in [6.45, 7) is 0. The van der Waals surface area contributed by atoms with Gasteiger partial charge in [-0.1, -0.05) is 6.07 Å². The van der Waals surface area contributed by atoms with E-state index >= 15 is 0 Å². The molecule has 0 aliphatic heterocycles. The highest BCUT2D eigenvalue weighted by molar-refractivity contribution is 9.10. The van der Waals surface area contributed by atoms with Crippen LogP contribution in [0.4, 0.5) is 24.7 Å². The molecule has 31 heavy (non-hydrogen) atoms. The summed E-state index contributed by atoms with van der Waals surface area (Å²) in [7, 11) is -4.26. The van der Waals surface area contributed by atoms with Crippen LogP contribution < -0.4 is 4.31 Å². The lowest BCUT2D eigenvalue weighted by atomic mass is 10.2. The maximum Gasteiger partial charge on any atom is 0.416 e. The number of pyridine rings is 1. The molecular weight excluding hydrogens is 497 g/mol. The standard InChI is InChI=1S/C20H12BrF3N4O2S/c21-17-10-15(20(22,23)24)2-4-18(17)28(19-6-8-26-12-27-19)31(29,30)16-3-1-14-11-25-7-5-13(14)9-16/h1-12H. The number of aromatic nitrogens is 3. The van der Waals surface area contributed by atoms with Gasteiger partial charge in [0.2, 0.25) is 0 Å². The number of fused-ring (bicyclic) bond motifs is 1. The minimum absolute atomic E-state index is 0.0229. The molecule has 4 rings (SSSR count). The third-order valence-corrected chi connectivity index (χ3v) is 6.77. The molecule has 0 N–H and O–H groups in total. The Bertz CT molecular complexity index is 1370. The van der Waals surface area contributed by atoms with Crippen LogP contribution in [-0.4, -0.2) is 23.4 Å². The molecule has 6 nitrogen and oxygen atoms in total. The minimum atomic E-state index is -4.58. The molecule has 0 fully saturated rings. The van der Waals surface area contributed by atoms with Crippen molar-refractivity contribution in [1.82, 2.24) is 15.0 Å². The highest BCUT2D eigenvalue weighted by Crippen LogP contribution is 2.40. The lowest BCUT2D eigenvalue weighted by Gasteiger charge is -2.25. The predicted octanol–water partition coefficient (Wildman–Crippen LogP) is 5.33. The van der Waals surface area contributed by atoms with E-state index in [4.69, 9.17) is 0 Å². The van der Waals surface area contributed by atoms with Crippen molar-refractivity contribution in [2.75, 3.05) is 4.31 Å². The van der Waals surface area contributed by atoms with Gasteiger partial charge in [-0.05, 0) is 57.7 Å². The van der Waals surface area contributed by atoms with Crippen LogP contribution in [0.15, 0.2) is 82.8 Å². The largest absolute Gasteiger partial charge is 0.416 e. The van der Waals surface area contributed by atoms with Crippen molar-refractivity contribution in [2.24, 2.45) is 0 Å². The van der Waals surface area contributed by atoms with Gasteiger partial charge in [0.05, 0.1) is 16.1 Å².